The molecule has 1 atom stereocenters. The van der Waals surface area contributed by atoms with Crippen molar-refractivity contribution in [2.24, 2.45) is 0 Å². The van der Waals surface area contributed by atoms with Crippen LogP contribution in [0.4, 0.5) is 10.5 Å². The molecule has 1 aliphatic heterocycles. The first-order chi connectivity index (χ1) is 16.6. The Morgan fingerprint density at radius 3 is 2.06 bits per heavy atom. The van der Waals surface area contributed by atoms with E-state index in [1.54, 1.807) is 38.1 Å². The Balaban J connectivity index is 1.86. The molecule has 12 heteroatoms. The SMILES string of the molecule is COC(=O)CCN1C(=O)N(c2ccc(Cl)cc2)C(n2oc(=O)n(-c3ccc(Cl)cc3)c2=O)C1(C)C. The van der Waals surface area contributed by atoms with Crippen molar-refractivity contribution in [3.05, 3.63) is 79.6 Å². The van der Waals surface area contributed by atoms with Crippen molar-refractivity contribution in [3.63, 3.8) is 0 Å². The molecule has 1 aromatic heterocycles. The topological polar surface area (TPSA) is 107 Å². The molecule has 0 aliphatic carbocycles. The predicted octanol–water partition coefficient (Wildman–Crippen LogP) is 3.68. The maximum absolute atomic E-state index is 13.6. The summed E-state index contributed by atoms with van der Waals surface area (Å²) in [6, 6.07) is 12.0. The second-order valence-electron chi connectivity index (χ2n) is 8.41. The van der Waals surface area contributed by atoms with E-state index in [1.165, 1.54) is 41.2 Å². The molecule has 184 valence electrons. The van der Waals surface area contributed by atoms with E-state index in [1.807, 2.05) is 0 Å². The highest BCUT2D eigenvalue weighted by Crippen LogP contribution is 2.42. The quantitative estimate of drug-likeness (QED) is 0.458. The fourth-order valence-corrected chi connectivity index (χ4v) is 4.42. The zero-order chi connectivity index (χ0) is 25.5. The number of urea groups is 1. The van der Waals surface area contributed by atoms with Gasteiger partial charge in [-0.1, -0.05) is 23.2 Å². The number of methoxy groups -OCH3 is 1. The van der Waals surface area contributed by atoms with E-state index in [4.69, 9.17) is 32.5 Å². The zero-order valence-corrected chi connectivity index (χ0v) is 20.6. The molecule has 0 bridgehead atoms. The molecule has 1 saturated heterocycles. The van der Waals surface area contributed by atoms with Gasteiger partial charge in [0.15, 0.2) is 6.17 Å². The van der Waals surface area contributed by atoms with Crippen LogP contribution in [0.1, 0.15) is 26.4 Å². The summed E-state index contributed by atoms with van der Waals surface area (Å²) in [6.07, 6.45) is -1.13. The van der Waals surface area contributed by atoms with Gasteiger partial charge in [0.1, 0.15) is 0 Å². The lowest BCUT2D eigenvalue weighted by atomic mass is 10.00. The predicted molar refractivity (Wildman–Crippen MR) is 129 cm³/mol. The highest BCUT2D eigenvalue weighted by atomic mass is 35.5. The van der Waals surface area contributed by atoms with Crippen LogP contribution in [0, 0.1) is 0 Å². The van der Waals surface area contributed by atoms with Gasteiger partial charge in [0, 0.05) is 22.3 Å². The van der Waals surface area contributed by atoms with Gasteiger partial charge in [0.05, 0.1) is 24.8 Å². The van der Waals surface area contributed by atoms with Crippen molar-refractivity contribution in [1.82, 2.24) is 14.2 Å². The molecule has 0 radical (unpaired) electrons. The summed E-state index contributed by atoms with van der Waals surface area (Å²) in [5, 5.41) is 0.889. The lowest BCUT2D eigenvalue weighted by molar-refractivity contribution is -0.141. The van der Waals surface area contributed by atoms with Crippen LogP contribution in [-0.2, 0) is 9.53 Å². The number of carbonyl (C=O) groups excluding carboxylic acids is 2. The van der Waals surface area contributed by atoms with Gasteiger partial charge in [-0.15, -0.1) is 4.74 Å². The van der Waals surface area contributed by atoms with Crippen LogP contribution in [0.15, 0.2) is 62.6 Å². The van der Waals surface area contributed by atoms with Crippen LogP contribution >= 0.6 is 23.2 Å². The number of carbonyl (C=O) groups is 2. The third kappa shape index (κ3) is 4.35. The first-order valence-electron chi connectivity index (χ1n) is 10.6. The van der Waals surface area contributed by atoms with Crippen molar-refractivity contribution in [3.8, 4) is 5.69 Å². The maximum Gasteiger partial charge on any atom is 0.447 e. The molecule has 2 aromatic carbocycles. The van der Waals surface area contributed by atoms with Crippen molar-refractivity contribution in [2.75, 3.05) is 18.6 Å². The van der Waals surface area contributed by atoms with Gasteiger partial charge in [-0.2, -0.15) is 4.57 Å². The lowest BCUT2D eigenvalue weighted by Gasteiger charge is -2.33. The summed E-state index contributed by atoms with van der Waals surface area (Å²) in [6.45, 7) is 3.46. The van der Waals surface area contributed by atoms with Crippen molar-refractivity contribution in [2.45, 2.75) is 32.0 Å². The normalized spacial score (nSPS) is 17.2. The number of amides is 2. The zero-order valence-electron chi connectivity index (χ0n) is 19.1. The van der Waals surface area contributed by atoms with Crippen molar-refractivity contribution >= 4 is 40.9 Å². The largest absolute Gasteiger partial charge is 0.469 e. The average molecular weight is 521 g/mol. The minimum absolute atomic E-state index is 0.0238. The Bertz CT molecular complexity index is 1370. The molecule has 0 spiro atoms. The van der Waals surface area contributed by atoms with E-state index >= 15 is 0 Å². The molecule has 2 amide bonds. The number of hydrogen-bond donors (Lipinski definition) is 0. The molecule has 35 heavy (non-hydrogen) atoms. The fourth-order valence-electron chi connectivity index (χ4n) is 4.17. The molecule has 2 heterocycles. The van der Waals surface area contributed by atoms with Gasteiger partial charge in [-0.05, 0) is 62.4 Å². The van der Waals surface area contributed by atoms with E-state index in [2.05, 4.69) is 0 Å². The number of anilines is 1. The van der Waals surface area contributed by atoms with Crippen LogP contribution in [0.25, 0.3) is 5.69 Å². The van der Waals surface area contributed by atoms with Crippen molar-refractivity contribution < 1.29 is 18.8 Å². The van der Waals surface area contributed by atoms with E-state index in [-0.39, 0.29) is 18.7 Å². The van der Waals surface area contributed by atoms with Crippen molar-refractivity contribution in [1.29, 1.82) is 0 Å². The fraction of sp³-hybridized carbons (Fsp3) is 0.304. The summed E-state index contributed by atoms with van der Waals surface area (Å²) in [7, 11) is 1.26. The molecule has 0 saturated carbocycles. The lowest BCUT2D eigenvalue weighted by Crippen LogP contribution is -2.47. The van der Waals surface area contributed by atoms with E-state index < -0.39 is 35.2 Å². The molecule has 4 rings (SSSR count). The Morgan fingerprint density at radius 2 is 1.51 bits per heavy atom. The van der Waals surface area contributed by atoms with Gasteiger partial charge in [0.25, 0.3) is 0 Å². The summed E-state index contributed by atoms with van der Waals surface area (Å²) in [5.74, 6) is -1.42. The molecular weight excluding hydrogens is 499 g/mol. The van der Waals surface area contributed by atoms with Gasteiger partial charge in [-0.3, -0.25) is 9.69 Å². The van der Waals surface area contributed by atoms with E-state index in [0.29, 0.717) is 15.7 Å². The van der Waals surface area contributed by atoms with E-state index in [0.717, 1.165) is 9.31 Å². The molecule has 1 fully saturated rings. The number of benzene rings is 2. The van der Waals surface area contributed by atoms with Crippen LogP contribution in [0.2, 0.25) is 10.0 Å². The smallest absolute Gasteiger partial charge is 0.447 e. The maximum atomic E-state index is 13.6. The van der Waals surface area contributed by atoms with E-state index in [9.17, 15) is 19.2 Å². The van der Waals surface area contributed by atoms with Gasteiger partial charge < -0.3 is 14.2 Å². The second kappa shape index (κ2) is 9.27. The third-order valence-corrected chi connectivity index (χ3v) is 6.43. The number of halogens is 2. The first kappa shape index (κ1) is 24.6. The summed E-state index contributed by atoms with van der Waals surface area (Å²) >= 11 is 12.0. The summed E-state index contributed by atoms with van der Waals surface area (Å²) in [4.78, 5) is 54.4. The summed E-state index contributed by atoms with van der Waals surface area (Å²) < 4.78 is 11.9. The molecule has 0 N–H and O–H groups in total. The van der Waals surface area contributed by atoms with Crippen LogP contribution in [0.5, 0.6) is 0 Å². The molecular formula is C23H22Cl2N4O6. The number of aromatic nitrogens is 2. The average Bonchev–Trinajstić information content (AvgIpc) is 3.21. The monoisotopic (exact) mass is 520 g/mol. The number of nitrogens with zero attached hydrogens (tertiary/aromatic N) is 4. The van der Waals surface area contributed by atoms with Crippen LogP contribution < -0.4 is 16.3 Å². The second-order valence-corrected chi connectivity index (χ2v) is 9.28. The Hall–Kier alpha value is -3.50. The number of ether oxygens (including phenoxy) is 1. The third-order valence-electron chi connectivity index (χ3n) is 5.93. The number of esters is 1. The van der Waals surface area contributed by atoms with Crippen LogP contribution in [-0.4, -0.2) is 45.4 Å². The number of rotatable bonds is 6. The Morgan fingerprint density at radius 1 is 0.971 bits per heavy atom. The van der Waals surface area contributed by atoms with Crippen LogP contribution in [0.3, 0.4) is 0 Å². The Kier molecular flexibility index (Phi) is 6.52. The standard InChI is InChI=1S/C23H22Cl2N4O6/c1-23(2)19(29-21(32)28(22(33)35-29)17-10-6-15(25)7-11-17)27(16-8-4-14(24)5-9-16)20(31)26(23)13-12-18(30)34-3/h4-11,19H,12-13H2,1-3H3. The Labute approximate surface area is 209 Å². The molecule has 10 nitrogen and oxygen atoms in total. The number of hydrogen-bond acceptors (Lipinski definition) is 6. The minimum atomic E-state index is -1.09. The molecule has 3 aromatic rings. The minimum Gasteiger partial charge on any atom is -0.469 e. The van der Waals surface area contributed by atoms with Gasteiger partial charge >= 0.3 is 23.4 Å². The highest BCUT2D eigenvalue weighted by Gasteiger charge is 2.55. The first-order valence-corrected chi connectivity index (χ1v) is 11.4. The van der Waals surface area contributed by atoms with Gasteiger partial charge in [-0.25, -0.2) is 14.4 Å². The van der Waals surface area contributed by atoms with Gasteiger partial charge in [0.2, 0.25) is 0 Å². The highest BCUT2D eigenvalue weighted by molar-refractivity contribution is 6.30. The molecule has 1 unspecified atom stereocenters. The molecule has 1 aliphatic rings. The summed E-state index contributed by atoms with van der Waals surface area (Å²) in [5.41, 5.74) is -1.19.